The quantitative estimate of drug-likeness (QED) is 0.798. The zero-order valence-corrected chi connectivity index (χ0v) is 7.52. The van der Waals surface area contributed by atoms with E-state index in [2.05, 4.69) is 0 Å². The van der Waals surface area contributed by atoms with Crippen molar-refractivity contribution in [2.75, 3.05) is 0 Å². The van der Waals surface area contributed by atoms with Crippen LogP contribution < -0.4 is 0 Å². The largest absolute Gasteiger partial charge is 0.476 e. The van der Waals surface area contributed by atoms with Gasteiger partial charge in [-0.3, -0.25) is 0 Å². The number of carboxylic acids is 1. The molecule has 0 aliphatic rings. The van der Waals surface area contributed by atoms with Gasteiger partial charge in [-0.05, 0) is 30.0 Å². The summed E-state index contributed by atoms with van der Waals surface area (Å²) in [6.45, 7) is 0. The lowest BCUT2D eigenvalue weighted by atomic mass is 10.4. The van der Waals surface area contributed by atoms with Crippen LogP contribution in [-0.2, 0) is 4.79 Å². The number of hydrogen-bond donors (Lipinski definition) is 1. The third-order valence-electron chi connectivity index (χ3n) is 1.29. The first-order valence-corrected chi connectivity index (χ1v) is 4.29. The van der Waals surface area contributed by atoms with Gasteiger partial charge in [0, 0.05) is 4.90 Å². The Kier molecular flexibility index (Phi) is 3.05. The Morgan fingerprint density at radius 1 is 1.43 bits per heavy atom. The maximum absolute atomic E-state index is 12.6. The maximum Gasteiger partial charge on any atom is 0.393 e. The Bertz CT molecular complexity index is 354. The molecule has 0 radical (unpaired) electrons. The number of hydrogen-bond acceptors (Lipinski definition) is 2. The molecule has 6 heteroatoms. The van der Waals surface area contributed by atoms with Crippen LogP contribution >= 0.6 is 11.8 Å². The molecular formula is C8H5F3O2S. The lowest BCUT2D eigenvalue weighted by Crippen LogP contribution is -2.23. The molecule has 0 aliphatic heterocycles. The van der Waals surface area contributed by atoms with E-state index >= 15 is 0 Å². The van der Waals surface area contributed by atoms with Crippen LogP contribution in [0.2, 0.25) is 0 Å². The summed E-state index contributed by atoms with van der Waals surface area (Å²) in [4.78, 5) is 9.92. The van der Waals surface area contributed by atoms with E-state index in [0.717, 1.165) is 12.1 Å². The van der Waals surface area contributed by atoms with E-state index in [9.17, 15) is 18.0 Å². The molecule has 0 aliphatic carbocycles. The van der Waals surface area contributed by atoms with Crippen molar-refractivity contribution in [3.63, 3.8) is 0 Å². The van der Waals surface area contributed by atoms with Crippen molar-refractivity contribution >= 4 is 17.7 Å². The predicted molar refractivity (Wildman–Crippen MR) is 44.8 cm³/mol. The average molecular weight is 222 g/mol. The van der Waals surface area contributed by atoms with Crippen LogP contribution in [0.25, 0.3) is 0 Å². The van der Waals surface area contributed by atoms with E-state index in [1.54, 1.807) is 0 Å². The Labute approximate surface area is 81.7 Å². The van der Waals surface area contributed by atoms with Crippen LogP contribution in [-0.4, -0.2) is 16.3 Å². The Morgan fingerprint density at radius 3 is 2.57 bits per heavy atom. The van der Waals surface area contributed by atoms with Gasteiger partial charge < -0.3 is 5.11 Å². The molecule has 0 atom stereocenters. The SMILES string of the molecule is O=C(O)C(F)(F)Sc1cccc(F)c1. The summed E-state index contributed by atoms with van der Waals surface area (Å²) in [7, 11) is 0. The van der Waals surface area contributed by atoms with Gasteiger partial charge in [0.25, 0.3) is 0 Å². The Hall–Kier alpha value is -1.17. The molecule has 0 bridgehead atoms. The van der Waals surface area contributed by atoms with Crippen molar-refractivity contribution in [2.24, 2.45) is 0 Å². The summed E-state index contributed by atoms with van der Waals surface area (Å²) < 4.78 is 37.7. The third kappa shape index (κ3) is 2.66. The zero-order chi connectivity index (χ0) is 10.8. The lowest BCUT2D eigenvalue weighted by molar-refractivity contribution is -0.152. The molecule has 0 fully saturated rings. The van der Waals surface area contributed by atoms with E-state index in [4.69, 9.17) is 5.11 Å². The van der Waals surface area contributed by atoms with Crippen molar-refractivity contribution in [2.45, 2.75) is 10.2 Å². The normalized spacial score (nSPS) is 11.4. The molecule has 14 heavy (non-hydrogen) atoms. The van der Waals surface area contributed by atoms with Crippen molar-refractivity contribution in [3.05, 3.63) is 30.1 Å². The van der Waals surface area contributed by atoms with Crippen LogP contribution in [0.4, 0.5) is 13.2 Å². The zero-order valence-electron chi connectivity index (χ0n) is 6.71. The highest BCUT2D eigenvalue weighted by Crippen LogP contribution is 2.35. The number of rotatable bonds is 3. The summed E-state index contributed by atoms with van der Waals surface area (Å²) in [6.07, 6.45) is 0. The van der Waals surface area contributed by atoms with Crippen molar-refractivity contribution in [3.8, 4) is 0 Å². The highest BCUT2D eigenvalue weighted by atomic mass is 32.2. The van der Waals surface area contributed by atoms with Gasteiger partial charge >= 0.3 is 11.2 Å². The Morgan fingerprint density at radius 2 is 2.07 bits per heavy atom. The smallest absolute Gasteiger partial charge is 0.393 e. The minimum Gasteiger partial charge on any atom is -0.476 e. The molecule has 1 rings (SSSR count). The van der Waals surface area contributed by atoms with Crippen molar-refractivity contribution < 1.29 is 23.1 Å². The van der Waals surface area contributed by atoms with E-state index in [-0.39, 0.29) is 16.7 Å². The molecule has 0 heterocycles. The number of carboxylic acid groups (broad SMARTS) is 1. The summed E-state index contributed by atoms with van der Waals surface area (Å²) in [5, 5.41) is 4.17. The third-order valence-corrected chi connectivity index (χ3v) is 2.21. The molecular weight excluding hydrogens is 217 g/mol. The van der Waals surface area contributed by atoms with E-state index in [0.29, 0.717) is 0 Å². The minimum absolute atomic E-state index is 0.127. The van der Waals surface area contributed by atoms with E-state index in [1.165, 1.54) is 12.1 Å². The van der Waals surface area contributed by atoms with Crippen LogP contribution in [0.15, 0.2) is 29.2 Å². The topological polar surface area (TPSA) is 37.3 Å². The van der Waals surface area contributed by atoms with Gasteiger partial charge in [0.15, 0.2) is 0 Å². The van der Waals surface area contributed by atoms with Crippen LogP contribution in [0.5, 0.6) is 0 Å². The Balaban J connectivity index is 2.83. The first-order valence-electron chi connectivity index (χ1n) is 3.47. The number of halogens is 3. The minimum atomic E-state index is -3.94. The number of benzene rings is 1. The second kappa shape index (κ2) is 3.91. The summed E-state index contributed by atoms with van der Waals surface area (Å²) in [5.41, 5.74) is 0. The van der Waals surface area contributed by atoms with Crippen molar-refractivity contribution in [1.29, 1.82) is 0 Å². The van der Waals surface area contributed by atoms with Gasteiger partial charge in [-0.2, -0.15) is 8.78 Å². The monoisotopic (exact) mass is 222 g/mol. The highest BCUT2D eigenvalue weighted by molar-refractivity contribution is 8.01. The van der Waals surface area contributed by atoms with E-state index < -0.39 is 17.0 Å². The molecule has 1 aromatic rings. The average Bonchev–Trinajstić information content (AvgIpc) is 2.02. The molecule has 0 aromatic heterocycles. The summed E-state index contributed by atoms with van der Waals surface area (Å²) >= 11 is -0.205. The second-order valence-corrected chi connectivity index (χ2v) is 3.57. The predicted octanol–water partition coefficient (Wildman–Crippen LogP) is 2.60. The fraction of sp³-hybridized carbons (Fsp3) is 0.125. The molecule has 76 valence electrons. The molecule has 0 amide bonds. The highest BCUT2D eigenvalue weighted by Gasteiger charge is 2.40. The summed E-state index contributed by atoms with van der Waals surface area (Å²) in [6, 6.07) is 4.38. The van der Waals surface area contributed by atoms with Crippen LogP contribution in [0.1, 0.15) is 0 Å². The maximum atomic E-state index is 12.6. The molecule has 1 aromatic carbocycles. The van der Waals surface area contributed by atoms with Gasteiger partial charge in [0.05, 0.1) is 0 Å². The van der Waals surface area contributed by atoms with Gasteiger partial charge in [0.2, 0.25) is 0 Å². The van der Waals surface area contributed by atoms with Gasteiger partial charge in [-0.25, -0.2) is 9.18 Å². The van der Waals surface area contributed by atoms with Gasteiger partial charge in [-0.1, -0.05) is 6.07 Å². The second-order valence-electron chi connectivity index (χ2n) is 2.38. The first kappa shape index (κ1) is 10.9. The molecule has 0 spiro atoms. The summed E-state index contributed by atoms with van der Waals surface area (Å²) in [5.74, 6) is -2.93. The number of thioether (sulfide) groups is 1. The molecule has 0 saturated carbocycles. The molecule has 0 saturated heterocycles. The molecule has 2 nitrogen and oxygen atoms in total. The van der Waals surface area contributed by atoms with Gasteiger partial charge in [-0.15, -0.1) is 0 Å². The van der Waals surface area contributed by atoms with Gasteiger partial charge in [0.1, 0.15) is 5.82 Å². The number of carbonyl (C=O) groups is 1. The lowest BCUT2D eigenvalue weighted by Gasteiger charge is -2.09. The fourth-order valence-electron chi connectivity index (χ4n) is 0.722. The van der Waals surface area contributed by atoms with Crippen molar-refractivity contribution in [1.82, 2.24) is 0 Å². The standard InChI is InChI=1S/C8H5F3O2S/c9-5-2-1-3-6(4-5)14-8(10,11)7(12)13/h1-4H,(H,12,13). The molecule has 0 unspecified atom stereocenters. The van der Waals surface area contributed by atoms with E-state index in [1.807, 2.05) is 0 Å². The number of aliphatic carboxylic acids is 1. The number of alkyl halides is 2. The molecule has 1 N–H and O–H groups in total. The van der Waals surface area contributed by atoms with Crippen LogP contribution in [0.3, 0.4) is 0 Å². The van der Waals surface area contributed by atoms with Crippen LogP contribution in [0, 0.1) is 5.82 Å². The first-order chi connectivity index (χ1) is 6.42. The fourth-order valence-corrected chi connectivity index (χ4v) is 1.42.